The predicted octanol–water partition coefficient (Wildman–Crippen LogP) is 0.192. The van der Waals surface area contributed by atoms with E-state index in [1.807, 2.05) is 20.8 Å². The van der Waals surface area contributed by atoms with E-state index in [0.29, 0.717) is 0 Å². The third-order valence-corrected chi connectivity index (χ3v) is 5.62. The van der Waals surface area contributed by atoms with Gasteiger partial charge in [-0.25, -0.2) is 8.42 Å². The highest BCUT2D eigenvalue weighted by Crippen LogP contribution is 2.15. The van der Waals surface area contributed by atoms with Crippen LogP contribution in [0.4, 0.5) is 0 Å². The van der Waals surface area contributed by atoms with Crippen LogP contribution in [0.3, 0.4) is 0 Å². The minimum Gasteiger partial charge on any atom is -0.348 e. The SMILES string of the molecule is CC(C)C(C)(CN)NC(=O)CN(C)S(=O)(=O)c1cccnc1. The molecular formula is C14H24N4O3S. The Balaban J connectivity index is 2.80. The topological polar surface area (TPSA) is 105 Å². The number of nitrogens with one attached hydrogen (secondary N) is 1. The van der Waals surface area contributed by atoms with Gasteiger partial charge < -0.3 is 11.1 Å². The lowest BCUT2D eigenvalue weighted by atomic mass is 9.88. The third-order valence-electron chi connectivity index (χ3n) is 3.83. The summed E-state index contributed by atoms with van der Waals surface area (Å²) in [6, 6.07) is 2.97. The number of nitrogens with zero attached hydrogens (tertiary/aromatic N) is 2. The Morgan fingerprint density at radius 3 is 2.59 bits per heavy atom. The first-order valence-electron chi connectivity index (χ1n) is 7.01. The lowest BCUT2D eigenvalue weighted by Crippen LogP contribution is -2.56. The number of aromatic nitrogens is 1. The Bertz CT molecular complexity index is 604. The number of rotatable bonds is 7. The summed E-state index contributed by atoms with van der Waals surface area (Å²) in [5.41, 5.74) is 5.14. The average molecular weight is 328 g/mol. The molecule has 124 valence electrons. The zero-order valence-electron chi connectivity index (χ0n) is 13.4. The quantitative estimate of drug-likeness (QED) is 0.743. The fourth-order valence-corrected chi connectivity index (χ4v) is 2.85. The van der Waals surface area contributed by atoms with Gasteiger partial charge in [-0.3, -0.25) is 9.78 Å². The first-order valence-corrected chi connectivity index (χ1v) is 8.45. The molecular weight excluding hydrogens is 304 g/mol. The molecule has 22 heavy (non-hydrogen) atoms. The highest BCUT2D eigenvalue weighted by atomic mass is 32.2. The maximum Gasteiger partial charge on any atom is 0.244 e. The van der Waals surface area contributed by atoms with Crippen molar-refractivity contribution in [3.63, 3.8) is 0 Å². The second-order valence-corrected chi connectivity index (χ2v) is 7.82. The third kappa shape index (κ3) is 4.25. The molecule has 1 atom stereocenters. The molecule has 0 fully saturated rings. The second kappa shape index (κ2) is 7.17. The monoisotopic (exact) mass is 328 g/mol. The van der Waals surface area contributed by atoms with Crippen molar-refractivity contribution >= 4 is 15.9 Å². The summed E-state index contributed by atoms with van der Waals surface area (Å²) in [6.07, 6.45) is 2.74. The Kier molecular flexibility index (Phi) is 6.04. The largest absolute Gasteiger partial charge is 0.348 e. The van der Waals surface area contributed by atoms with E-state index in [2.05, 4.69) is 10.3 Å². The van der Waals surface area contributed by atoms with Gasteiger partial charge in [0.25, 0.3) is 0 Å². The highest BCUT2D eigenvalue weighted by Gasteiger charge is 2.30. The number of nitrogens with two attached hydrogens (primary N) is 1. The molecule has 0 saturated carbocycles. The summed E-state index contributed by atoms with van der Waals surface area (Å²) in [5, 5.41) is 2.81. The van der Waals surface area contributed by atoms with Crippen molar-refractivity contribution in [3.05, 3.63) is 24.5 Å². The Morgan fingerprint density at radius 2 is 2.14 bits per heavy atom. The van der Waals surface area contributed by atoms with Crippen LogP contribution in [0.2, 0.25) is 0 Å². The van der Waals surface area contributed by atoms with Crippen molar-refractivity contribution in [2.75, 3.05) is 20.1 Å². The van der Waals surface area contributed by atoms with Crippen LogP contribution >= 0.6 is 0 Å². The van der Waals surface area contributed by atoms with E-state index in [1.165, 1.54) is 31.6 Å². The van der Waals surface area contributed by atoms with Crippen molar-refractivity contribution < 1.29 is 13.2 Å². The van der Waals surface area contributed by atoms with E-state index in [0.717, 1.165) is 4.31 Å². The maximum absolute atomic E-state index is 12.3. The van der Waals surface area contributed by atoms with Gasteiger partial charge in [-0.2, -0.15) is 4.31 Å². The van der Waals surface area contributed by atoms with E-state index in [4.69, 9.17) is 5.73 Å². The predicted molar refractivity (Wildman–Crippen MR) is 84.5 cm³/mol. The molecule has 0 aliphatic rings. The van der Waals surface area contributed by atoms with Crippen LogP contribution in [0, 0.1) is 5.92 Å². The summed E-state index contributed by atoms with van der Waals surface area (Å²) >= 11 is 0. The average Bonchev–Trinajstić information content (AvgIpc) is 2.47. The van der Waals surface area contributed by atoms with Gasteiger partial charge >= 0.3 is 0 Å². The Morgan fingerprint density at radius 1 is 1.50 bits per heavy atom. The molecule has 0 aliphatic heterocycles. The zero-order valence-corrected chi connectivity index (χ0v) is 14.2. The van der Waals surface area contributed by atoms with Gasteiger partial charge in [-0.1, -0.05) is 13.8 Å². The molecule has 7 nitrogen and oxygen atoms in total. The number of sulfonamides is 1. The zero-order chi connectivity index (χ0) is 17.0. The molecule has 0 spiro atoms. The van der Waals surface area contributed by atoms with Crippen molar-refractivity contribution in [1.29, 1.82) is 0 Å². The smallest absolute Gasteiger partial charge is 0.244 e. The second-order valence-electron chi connectivity index (χ2n) is 5.77. The van der Waals surface area contributed by atoms with Gasteiger partial charge in [0.05, 0.1) is 12.1 Å². The first kappa shape index (κ1) is 18.5. The number of hydrogen-bond acceptors (Lipinski definition) is 5. The van der Waals surface area contributed by atoms with Crippen LogP contribution in [-0.4, -0.2) is 49.3 Å². The lowest BCUT2D eigenvalue weighted by Gasteiger charge is -2.34. The van der Waals surface area contributed by atoms with Crippen molar-refractivity contribution in [3.8, 4) is 0 Å². The summed E-state index contributed by atoms with van der Waals surface area (Å²) in [5.74, 6) is -0.265. The summed E-state index contributed by atoms with van der Waals surface area (Å²) < 4.78 is 25.6. The van der Waals surface area contributed by atoms with Gasteiger partial charge in [0.2, 0.25) is 15.9 Å². The van der Waals surface area contributed by atoms with E-state index in [-0.39, 0.29) is 23.9 Å². The molecule has 0 bridgehead atoms. The molecule has 1 aromatic rings. The van der Waals surface area contributed by atoms with Gasteiger partial charge in [0, 0.05) is 26.0 Å². The van der Waals surface area contributed by atoms with Crippen LogP contribution in [-0.2, 0) is 14.8 Å². The summed E-state index contributed by atoms with van der Waals surface area (Å²) in [6.45, 7) is 5.73. The van der Waals surface area contributed by atoms with Crippen molar-refractivity contribution in [2.45, 2.75) is 31.2 Å². The molecule has 1 amide bonds. The van der Waals surface area contributed by atoms with E-state index in [9.17, 15) is 13.2 Å². The summed E-state index contributed by atoms with van der Waals surface area (Å²) in [4.78, 5) is 16.0. The van der Waals surface area contributed by atoms with E-state index < -0.39 is 21.5 Å². The highest BCUT2D eigenvalue weighted by molar-refractivity contribution is 7.89. The molecule has 0 radical (unpaired) electrons. The van der Waals surface area contributed by atoms with Crippen molar-refractivity contribution in [1.82, 2.24) is 14.6 Å². The van der Waals surface area contributed by atoms with Crippen molar-refractivity contribution in [2.24, 2.45) is 11.7 Å². The first-order chi connectivity index (χ1) is 10.1. The van der Waals surface area contributed by atoms with Crippen LogP contribution in [0.15, 0.2) is 29.4 Å². The molecule has 1 rings (SSSR count). The minimum absolute atomic E-state index is 0.0516. The molecule has 1 aromatic heterocycles. The minimum atomic E-state index is -3.74. The fraction of sp³-hybridized carbons (Fsp3) is 0.571. The van der Waals surface area contributed by atoms with Gasteiger partial charge in [0.15, 0.2) is 0 Å². The van der Waals surface area contributed by atoms with E-state index in [1.54, 1.807) is 0 Å². The van der Waals surface area contributed by atoms with Crippen LogP contribution in [0.5, 0.6) is 0 Å². The number of carbonyl (C=O) groups excluding carboxylic acids is 1. The normalized spacial score (nSPS) is 14.9. The van der Waals surface area contributed by atoms with Crippen LogP contribution in [0.1, 0.15) is 20.8 Å². The molecule has 0 saturated heterocycles. The molecule has 8 heteroatoms. The van der Waals surface area contributed by atoms with Gasteiger partial charge in [-0.15, -0.1) is 0 Å². The van der Waals surface area contributed by atoms with E-state index >= 15 is 0 Å². The molecule has 1 heterocycles. The standard InChI is InChI=1S/C14H24N4O3S/c1-11(2)14(3,10-15)17-13(19)9-18(4)22(20,21)12-6-5-7-16-8-12/h5-8,11H,9-10,15H2,1-4H3,(H,17,19). The Hall–Kier alpha value is -1.51. The van der Waals surface area contributed by atoms with Crippen LogP contribution < -0.4 is 11.1 Å². The molecule has 1 unspecified atom stereocenters. The molecule has 0 aromatic carbocycles. The number of amides is 1. The number of carbonyl (C=O) groups is 1. The van der Waals surface area contributed by atoms with Gasteiger partial charge in [0.1, 0.15) is 4.90 Å². The molecule has 0 aliphatic carbocycles. The summed E-state index contributed by atoms with van der Waals surface area (Å²) in [7, 11) is -2.38. The number of hydrogen-bond donors (Lipinski definition) is 2. The number of pyridine rings is 1. The maximum atomic E-state index is 12.3. The van der Waals surface area contributed by atoms with Gasteiger partial charge in [-0.05, 0) is 25.0 Å². The lowest BCUT2D eigenvalue weighted by molar-refractivity contribution is -0.123. The Labute approximate surface area is 132 Å². The fourth-order valence-electron chi connectivity index (χ4n) is 1.76. The number of likely N-dealkylation sites (N-methyl/N-ethyl adjacent to an activating group) is 1. The molecule has 3 N–H and O–H groups in total. The van der Waals surface area contributed by atoms with Crippen LogP contribution in [0.25, 0.3) is 0 Å².